The van der Waals surface area contributed by atoms with Gasteiger partial charge < -0.3 is 20.3 Å². The molecule has 0 amide bonds. The second-order valence-corrected chi connectivity index (χ2v) is 9.84. The molecule has 0 radical (unpaired) electrons. The molecule has 0 saturated carbocycles. The van der Waals surface area contributed by atoms with Gasteiger partial charge in [0.2, 0.25) is 11.9 Å². The van der Waals surface area contributed by atoms with Crippen LogP contribution in [0.25, 0.3) is 5.65 Å². The highest BCUT2D eigenvalue weighted by atomic mass is 79.9. The fraction of sp³-hybridized carbons (Fsp3) is 0.292. The molecule has 0 aliphatic carbocycles. The van der Waals surface area contributed by atoms with Gasteiger partial charge in [-0.2, -0.15) is 19.6 Å². The highest BCUT2D eigenvalue weighted by molar-refractivity contribution is 9.11. The van der Waals surface area contributed by atoms with Gasteiger partial charge in [0.15, 0.2) is 5.65 Å². The van der Waals surface area contributed by atoms with Crippen LogP contribution in [0.1, 0.15) is 24.4 Å². The van der Waals surface area contributed by atoms with Crippen molar-refractivity contribution >= 4 is 55.1 Å². The van der Waals surface area contributed by atoms with Crippen molar-refractivity contribution in [3.63, 3.8) is 0 Å². The lowest BCUT2D eigenvalue weighted by Crippen LogP contribution is -2.29. The monoisotopic (exact) mass is 585 g/mol. The van der Waals surface area contributed by atoms with Gasteiger partial charge in [0, 0.05) is 47.8 Å². The van der Waals surface area contributed by atoms with Gasteiger partial charge in [0.1, 0.15) is 5.75 Å². The Hall–Kier alpha value is -2.69. The molecule has 34 heavy (non-hydrogen) atoms. The Morgan fingerprint density at radius 1 is 1.12 bits per heavy atom. The van der Waals surface area contributed by atoms with Gasteiger partial charge in [-0.05, 0) is 53.2 Å². The lowest BCUT2D eigenvalue weighted by atomic mass is 10.0. The molecule has 3 heterocycles. The lowest BCUT2D eigenvalue weighted by Gasteiger charge is -2.28. The zero-order valence-corrected chi connectivity index (χ0v) is 21.9. The zero-order chi connectivity index (χ0) is 23.5. The number of aromatic nitrogens is 4. The maximum absolute atomic E-state index is 5.87. The summed E-state index contributed by atoms with van der Waals surface area (Å²) in [7, 11) is 1.98. The Morgan fingerprint density at radius 2 is 1.97 bits per heavy atom. The molecule has 176 valence electrons. The van der Waals surface area contributed by atoms with Crippen molar-refractivity contribution in [2.24, 2.45) is 0 Å². The number of ether oxygens (including phenoxy) is 1. The van der Waals surface area contributed by atoms with Crippen molar-refractivity contribution in [2.75, 3.05) is 37.0 Å². The summed E-state index contributed by atoms with van der Waals surface area (Å²) in [5.74, 6) is 2.23. The minimum atomic E-state index is 0.267. The number of hydrogen-bond acceptors (Lipinski definition) is 7. The van der Waals surface area contributed by atoms with Gasteiger partial charge >= 0.3 is 0 Å². The highest BCUT2D eigenvalue weighted by Gasteiger charge is 2.23. The molecule has 5 rings (SSSR count). The molecule has 1 atom stereocenters. The molecule has 0 bridgehead atoms. The van der Waals surface area contributed by atoms with E-state index in [0.29, 0.717) is 18.5 Å². The quantitative estimate of drug-likeness (QED) is 0.270. The smallest absolute Gasteiger partial charge is 0.236 e. The first-order valence-electron chi connectivity index (χ1n) is 11.2. The molecular weight excluding hydrogens is 562 g/mol. The van der Waals surface area contributed by atoms with E-state index >= 15 is 0 Å². The van der Waals surface area contributed by atoms with Crippen molar-refractivity contribution in [1.82, 2.24) is 24.9 Å². The molecule has 2 aromatic heterocycles. The number of para-hydroxylation sites is 1. The summed E-state index contributed by atoms with van der Waals surface area (Å²) >= 11 is 7.19. The number of benzene rings is 2. The first-order chi connectivity index (χ1) is 16.6. The van der Waals surface area contributed by atoms with Crippen LogP contribution in [0.4, 0.5) is 17.6 Å². The molecule has 8 nitrogen and oxygen atoms in total. The number of nitrogens with zero attached hydrogens (tertiary/aromatic N) is 5. The van der Waals surface area contributed by atoms with E-state index in [-0.39, 0.29) is 6.04 Å². The molecule has 1 aliphatic heterocycles. The fourth-order valence-electron chi connectivity index (χ4n) is 4.08. The van der Waals surface area contributed by atoms with E-state index in [1.807, 2.05) is 54.4 Å². The Labute approximate surface area is 215 Å². The number of nitrogens with one attached hydrogen (secondary N) is 2. The number of fused-ring (bicyclic) bond motifs is 2. The summed E-state index contributed by atoms with van der Waals surface area (Å²) < 4.78 is 9.64. The Morgan fingerprint density at radius 3 is 2.82 bits per heavy atom. The van der Waals surface area contributed by atoms with E-state index in [0.717, 1.165) is 52.0 Å². The number of anilines is 3. The van der Waals surface area contributed by atoms with Crippen LogP contribution < -0.4 is 20.3 Å². The molecule has 0 spiro atoms. The van der Waals surface area contributed by atoms with Crippen molar-refractivity contribution in [3.8, 4) is 5.75 Å². The normalized spacial score (nSPS) is 15.1. The molecule has 0 fully saturated rings. The van der Waals surface area contributed by atoms with E-state index in [1.54, 1.807) is 10.7 Å². The maximum Gasteiger partial charge on any atom is 0.236 e. The average molecular weight is 587 g/mol. The van der Waals surface area contributed by atoms with Crippen LogP contribution in [0.2, 0.25) is 0 Å². The first-order valence-corrected chi connectivity index (χ1v) is 12.8. The molecule has 0 unspecified atom stereocenters. The molecule has 2 aromatic carbocycles. The summed E-state index contributed by atoms with van der Waals surface area (Å²) in [6.07, 6.45) is 3.61. The minimum Gasteiger partial charge on any atom is -0.492 e. The Bertz CT molecular complexity index is 1280. The Kier molecular flexibility index (Phi) is 6.98. The zero-order valence-electron chi connectivity index (χ0n) is 18.7. The summed E-state index contributed by atoms with van der Waals surface area (Å²) in [5, 5.41) is 11.4. The van der Waals surface area contributed by atoms with Crippen molar-refractivity contribution in [1.29, 1.82) is 0 Å². The van der Waals surface area contributed by atoms with Gasteiger partial charge in [-0.3, -0.25) is 0 Å². The minimum absolute atomic E-state index is 0.267. The van der Waals surface area contributed by atoms with E-state index < -0.39 is 0 Å². The number of halogens is 2. The SMILES string of the molecule is CN(c1ccccc1)c1nc(NCCCN[C@@H]2CCOc3c(Br)cc(Br)cc32)nc2ccnn12. The van der Waals surface area contributed by atoms with Crippen molar-refractivity contribution < 1.29 is 4.74 Å². The van der Waals surface area contributed by atoms with Crippen LogP contribution in [0, 0.1) is 0 Å². The summed E-state index contributed by atoms with van der Waals surface area (Å²) in [6, 6.07) is 16.4. The third-order valence-electron chi connectivity index (χ3n) is 5.77. The average Bonchev–Trinajstić information content (AvgIpc) is 3.32. The van der Waals surface area contributed by atoms with Gasteiger partial charge in [0.25, 0.3) is 0 Å². The standard InChI is InChI=1S/C24H25Br2N7O/c1-32(17-6-3-2-4-7-17)24-31-23(30-21-8-12-29-33(21)24)28-11-5-10-27-20-9-13-34-22-18(20)14-16(25)15-19(22)26/h2-4,6-8,12,14-15,20,27H,5,9-11,13H2,1H3,(H,28,30)/t20-/m1/s1. The third-order valence-corrected chi connectivity index (χ3v) is 6.82. The van der Waals surface area contributed by atoms with E-state index in [1.165, 1.54) is 5.56 Å². The van der Waals surface area contributed by atoms with Crippen LogP contribution in [-0.4, -0.2) is 46.3 Å². The van der Waals surface area contributed by atoms with Crippen molar-refractivity contribution in [2.45, 2.75) is 18.9 Å². The van der Waals surface area contributed by atoms with Crippen LogP contribution in [0.3, 0.4) is 0 Å². The summed E-state index contributed by atoms with van der Waals surface area (Å²) in [4.78, 5) is 11.4. The van der Waals surface area contributed by atoms with Crippen LogP contribution in [-0.2, 0) is 0 Å². The van der Waals surface area contributed by atoms with Gasteiger partial charge in [-0.25, -0.2) is 0 Å². The second-order valence-electron chi connectivity index (χ2n) is 8.07. The summed E-state index contributed by atoms with van der Waals surface area (Å²) in [5.41, 5.74) is 2.97. The summed E-state index contributed by atoms with van der Waals surface area (Å²) in [6.45, 7) is 2.33. The molecule has 2 N–H and O–H groups in total. The van der Waals surface area contributed by atoms with Gasteiger partial charge in [-0.1, -0.05) is 34.1 Å². The molecule has 10 heteroatoms. The van der Waals surface area contributed by atoms with E-state index in [2.05, 4.69) is 58.6 Å². The predicted octanol–water partition coefficient (Wildman–Crippen LogP) is 5.33. The highest BCUT2D eigenvalue weighted by Crippen LogP contribution is 2.40. The van der Waals surface area contributed by atoms with Crippen LogP contribution in [0.5, 0.6) is 5.75 Å². The topological polar surface area (TPSA) is 79.6 Å². The second kappa shape index (κ2) is 10.3. The Balaban J connectivity index is 1.22. The molecule has 0 saturated heterocycles. The van der Waals surface area contributed by atoms with Crippen molar-refractivity contribution in [3.05, 3.63) is 69.2 Å². The van der Waals surface area contributed by atoms with Crippen LogP contribution in [0.15, 0.2) is 63.7 Å². The van der Waals surface area contributed by atoms with Gasteiger partial charge in [-0.15, -0.1) is 0 Å². The van der Waals surface area contributed by atoms with E-state index in [4.69, 9.17) is 9.72 Å². The third kappa shape index (κ3) is 4.89. The maximum atomic E-state index is 5.87. The largest absolute Gasteiger partial charge is 0.492 e. The van der Waals surface area contributed by atoms with E-state index in [9.17, 15) is 0 Å². The fourth-order valence-corrected chi connectivity index (χ4v) is 5.45. The van der Waals surface area contributed by atoms with Gasteiger partial charge in [0.05, 0.1) is 17.3 Å². The molecular formula is C24H25Br2N7O. The first kappa shape index (κ1) is 23.1. The molecule has 1 aliphatic rings. The predicted molar refractivity (Wildman–Crippen MR) is 141 cm³/mol. The number of rotatable bonds is 8. The van der Waals surface area contributed by atoms with Crippen LogP contribution >= 0.6 is 31.9 Å². The lowest BCUT2D eigenvalue weighted by molar-refractivity contribution is 0.251. The molecule has 4 aromatic rings. The number of hydrogen-bond donors (Lipinski definition) is 2.